The number of benzene rings is 2. The quantitative estimate of drug-likeness (QED) is 0.609. The third-order valence-corrected chi connectivity index (χ3v) is 4.25. The molecule has 0 saturated carbocycles. The highest BCUT2D eigenvalue weighted by Crippen LogP contribution is 2.31. The zero-order valence-electron chi connectivity index (χ0n) is 14.7. The van der Waals surface area contributed by atoms with E-state index in [1.54, 1.807) is 6.92 Å². The summed E-state index contributed by atoms with van der Waals surface area (Å²) in [6.45, 7) is 3.22. The summed E-state index contributed by atoms with van der Waals surface area (Å²) in [5.41, 5.74) is 2.19. The highest BCUT2D eigenvalue weighted by atomic mass is 16.9. The highest BCUT2D eigenvalue weighted by Gasteiger charge is 2.44. The predicted molar refractivity (Wildman–Crippen MR) is 95.1 cm³/mol. The van der Waals surface area contributed by atoms with Gasteiger partial charge in [0.25, 0.3) is 0 Å². The second-order valence-corrected chi connectivity index (χ2v) is 6.13. The van der Waals surface area contributed by atoms with E-state index in [0.29, 0.717) is 10.6 Å². The lowest BCUT2D eigenvalue weighted by atomic mass is 9.88. The standard InChI is InChI=1S/C20H21NO5/c1-14-18(17-11-7-4-8-12-17)19(25-15(2)22)20(26-21(14)23)24-13-16-9-5-3-6-10-16/h3-12,18-20H,13H2,1-2H3/t18-,19-,20+/m1/s1. The fourth-order valence-electron chi connectivity index (χ4n) is 3.03. The molecule has 3 atom stereocenters. The molecule has 1 aliphatic rings. The molecule has 0 aliphatic carbocycles. The lowest BCUT2D eigenvalue weighted by Crippen LogP contribution is -2.49. The maximum absolute atomic E-state index is 12.3. The molecule has 26 heavy (non-hydrogen) atoms. The van der Waals surface area contributed by atoms with Crippen molar-refractivity contribution >= 4 is 11.7 Å². The van der Waals surface area contributed by atoms with Crippen LogP contribution in [0.25, 0.3) is 0 Å². The van der Waals surface area contributed by atoms with Crippen molar-refractivity contribution in [2.75, 3.05) is 0 Å². The van der Waals surface area contributed by atoms with Crippen LogP contribution in [-0.2, 0) is 25.7 Å². The summed E-state index contributed by atoms with van der Waals surface area (Å²) in [4.78, 5) is 17.4. The summed E-state index contributed by atoms with van der Waals surface area (Å²) < 4.78 is 11.3. The van der Waals surface area contributed by atoms with Crippen LogP contribution in [0.2, 0.25) is 0 Å². The highest BCUT2D eigenvalue weighted by molar-refractivity contribution is 5.86. The molecule has 0 bridgehead atoms. The van der Waals surface area contributed by atoms with Gasteiger partial charge >= 0.3 is 5.97 Å². The maximum Gasteiger partial charge on any atom is 0.303 e. The fraction of sp³-hybridized carbons (Fsp3) is 0.300. The molecule has 3 rings (SSSR count). The lowest BCUT2D eigenvalue weighted by molar-refractivity contribution is -0.775. The smallest absolute Gasteiger partial charge is 0.303 e. The Hall–Kier alpha value is -2.86. The SMILES string of the molecule is CC(=O)O[C@H]1[C@@H](OCc2ccccc2)O[N+]([O-])=C(C)[C@@H]1c1ccccc1. The number of hydrogen-bond acceptors (Lipinski definition) is 5. The van der Waals surface area contributed by atoms with Gasteiger partial charge in [0.05, 0.1) is 6.61 Å². The fourth-order valence-corrected chi connectivity index (χ4v) is 3.03. The number of esters is 1. The zero-order chi connectivity index (χ0) is 18.5. The normalized spacial score (nSPS) is 22.6. The Balaban J connectivity index is 1.89. The molecule has 2 aromatic rings. The van der Waals surface area contributed by atoms with Gasteiger partial charge in [0.2, 0.25) is 12.0 Å². The summed E-state index contributed by atoms with van der Waals surface area (Å²) in [5.74, 6) is -0.910. The van der Waals surface area contributed by atoms with Crippen molar-refractivity contribution in [1.82, 2.24) is 0 Å². The van der Waals surface area contributed by atoms with Crippen LogP contribution in [0.5, 0.6) is 0 Å². The minimum absolute atomic E-state index is 0.234. The minimum Gasteiger partial charge on any atom is -0.457 e. The van der Waals surface area contributed by atoms with Crippen molar-refractivity contribution in [3.8, 4) is 0 Å². The molecular weight excluding hydrogens is 334 g/mol. The third-order valence-electron chi connectivity index (χ3n) is 4.25. The van der Waals surface area contributed by atoms with Gasteiger partial charge in [-0.3, -0.25) is 10.0 Å². The Bertz CT molecular complexity index is 775. The molecule has 0 N–H and O–H groups in total. The van der Waals surface area contributed by atoms with Gasteiger partial charge in [0.1, 0.15) is 5.92 Å². The Morgan fingerprint density at radius 3 is 2.35 bits per heavy atom. The molecule has 0 aromatic heterocycles. The summed E-state index contributed by atoms with van der Waals surface area (Å²) in [7, 11) is 0. The van der Waals surface area contributed by atoms with Gasteiger partial charge in [-0.05, 0) is 11.1 Å². The first-order chi connectivity index (χ1) is 12.6. The number of ether oxygens (including phenoxy) is 2. The van der Waals surface area contributed by atoms with E-state index in [9.17, 15) is 10.0 Å². The van der Waals surface area contributed by atoms with E-state index in [-0.39, 0.29) is 6.61 Å². The molecule has 1 heterocycles. The Labute approximate surface area is 152 Å². The second-order valence-electron chi connectivity index (χ2n) is 6.13. The molecule has 136 valence electrons. The van der Waals surface area contributed by atoms with Crippen LogP contribution < -0.4 is 0 Å². The molecule has 1 aliphatic heterocycles. The molecule has 0 unspecified atom stereocenters. The number of hydrogen-bond donors (Lipinski definition) is 0. The zero-order valence-corrected chi connectivity index (χ0v) is 14.7. The second kappa shape index (κ2) is 8.01. The summed E-state index contributed by atoms with van der Waals surface area (Å²) in [5, 5.41) is 12.3. The lowest BCUT2D eigenvalue weighted by Gasteiger charge is -2.36. The number of rotatable bonds is 5. The van der Waals surface area contributed by atoms with Crippen molar-refractivity contribution in [2.45, 2.75) is 38.8 Å². The van der Waals surface area contributed by atoms with Crippen molar-refractivity contribution in [2.24, 2.45) is 0 Å². The van der Waals surface area contributed by atoms with Gasteiger partial charge in [-0.15, -0.1) is 0 Å². The molecule has 2 aromatic carbocycles. The van der Waals surface area contributed by atoms with Gasteiger partial charge < -0.3 is 14.3 Å². The van der Waals surface area contributed by atoms with Crippen LogP contribution in [0.3, 0.4) is 0 Å². The van der Waals surface area contributed by atoms with Crippen molar-refractivity contribution in [3.63, 3.8) is 0 Å². The minimum atomic E-state index is -1.01. The monoisotopic (exact) mass is 355 g/mol. The Kier molecular flexibility index (Phi) is 5.53. The van der Waals surface area contributed by atoms with Crippen molar-refractivity contribution in [3.05, 3.63) is 77.0 Å². The van der Waals surface area contributed by atoms with Crippen LogP contribution in [0.4, 0.5) is 0 Å². The van der Waals surface area contributed by atoms with E-state index in [0.717, 1.165) is 11.1 Å². The first-order valence-electron chi connectivity index (χ1n) is 8.41. The Morgan fingerprint density at radius 2 is 1.73 bits per heavy atom. The predicted octanol–water partition coefficient (Wildman–Crippen LogP) is 3.16. The van der Waals surface area contributed by atoms with Gasteiger partial charge in [-0.2, -0.15) is 0 Å². The van der Waals surface area contributed by atoms with Crippen molar-refractivity contribution in [1.29, 1.82) is 0 Å². The Morgan fingerprint density at radius 1 is 1.12 bits per heavy atom. The van der Waals surface area contributed by atoms with E-state index in [2.05, 4.69) is 0 Å². The third kappa shape index (κ3) is 4.03. The number of nitrogens with zero attached hydrogens (tertiary/aromatic N) is 1. The largest absolute Gasteiger partial charge is 0.457 e. The molecule has 0 fully saturated rings. The number of carbonyl (C=O) groups is 1. The van der Waals surface area contributed by atoms with Gasteiger partial charge in [0, 0.05) is 18.7 Å². The maximum atomic E-state index is 12.3. The number of carbonyl (C=O) groups excluding carboxylic acids is 1. The molecule has 6 nitrogen and oxygen atoms in total. The first-order valence-corrected chi connectivity index (χ1v) is 8.41. The van der Waals surface area contributed by atoms with Gasteiger partial charge in [-0.25, -0.2) is 0 Å². The first kappa shape index (κ1) is 17.9. The summed E-state index contributed by atoms with van der Waals surface area (Å²) in [6.07, 6.45) is -1.77. The summed E-state index contributed by atoms with van der Waals surface area (Å²) >= 11 is 0. The van der Waals surface area contributed by atoms with Crippen LogP contribution in [-0.4, -0.2) is 29.0 Å². The van der Waals surface area contributed by atoms with E-state index in [1.165, 1.54) is 6.92 Å². The molecule has 6 heteroatoms. The summed E-state index contributed by atoms with van der Waals surface area (Å²) in [6, 6.07) is 18.9. The van der Waals surface area contributed by atoms with Crippen LogP contribution in [0.1, 0.15) is 30.9 Å². The van der Waals surface area contributed by atoms with E-state index in [1.807, 2.05) is 60.7 Å². The van der Waals surface area contributed by atoms with E-state index < -0.39 is 24.3 Å². The van der Waals surface area contributed by atoms with E-state index in [4.69, 9.17) is 14.3 Å². The van der Waals surface area contributed by atoms with Crippen LogP contribution in [0.15, 0.2) is 60.7 Å². The molecule has 0 radical (unpaired) electrons. The topological polar surface area (TPSA) is 70.8 Å². The molecule has 0 amide bonds. The van der Waals surface area contributed by atoms with Gasteiger partial charge in [0.15, 0.2) is 6.10 Å². The molecule has 0 spiro atoms. The van der Waals surface area contributed by atoms with Crippen LogP contribution >= 0.6 is 0 Å². The molecular formula is C20H21NO5. The molecule has 0 saturated heterocycles. The average Bonchev–Trinajstić information content (AvgIpc) is 2.65. The van der Waals surface area contributed by atoms with Crippen LogP contribution in [0, 0.1) is 5.21 Å². The van der Waals surface area contributed by atoms with Gasteiger partial charge in [-0.1, -0.05) is 60.7 Å². The van der Waals surface area contributed by atoms with Crippen molar-refractivity contribution < 1.29 is 24.0 Å². The average molecular weight is 355 g/mol. The van der Waals surface area contributed by atoms with E-state index >= 15 is 0 Å².